The maximum atomic E-state index is 13.3. The van der Waals surface area contributed by atoms with Crippen LogP contribution in [0.25, 0.3) is 11.3 Å². The second-order valence-electron chi connectivity index (χ2n) is 3.67. The topological polar surface area (TPSA) is 95.5 Å². The number of benzene rings is 1. The molecule has 7 nitrogen and oxygen atoms in total. The summed E-state index contributed by atoms with van der Waals surface area (Å²) in [5.74, 6) is -1.69. The largest absolute Gasteiger partial charge is 0.461 e. The lowest BCUT2D eigenvalue weighted by Crippen LogP contribution is -2.07. The monoisotopic (exact) mass is 280 g/mol. The normalized spacial score (nSPS) is 10.3. The third-order valence-electron chi connectivity index (χ3n) is 2.44. The zero-order valence-corrected chi connectivity index (χ0v) is 10.3. The standard InChI is InChI=1S/C12H9FN2O5/c1-2-19-12(16)10-11(20-6-14-10)8-5-7(13)3-4-9(8)15(17)18/h3-6H,2H2,1H3. The van der Waals surface area contributed by atoms with Crippen LogP contribution in [0.5, 0.6) is 0 Å². The highest BCUT2D eigenvalue weighted by molar-refractivity contribution is 5.94. The number of nitro groups is 1. The third kappa shape index (κ3) is 2.48. The fourth-order valence-corrected chi connectivity index (χ4v) is 1.63. The fraction of sp³-hybridized carbons (Fsp3) is 0.167. The van der Waals surface area contributed by atoms with Gasteiger partial charge in [-0.05, 0) is 19.1 Å². The molecule has 0 saturated heterocycles. The van der Waals surface area contributed by atoms with Crippen molar-refractivity contribution in [2.45, 2.75) is 6.92 Å². The Kier molecular flexibility index (Phi) is 3.74. The Bertz CT molecular complexity index is 668. The van der Waals surface area contributed by atoms with Crippen LogP contribution in [-0.4, -0.2) is 22.5 Å². The maximum Gasteiger partial charge on any atom is 0.360 e. The number of carbonyl (C=O) groups excluding carboxylic acids is 1. The number of esters is 1. The molecule has 0 radical (unpaired) electrons. The first-order valence-electron chi connectivity index (χ1n) is 5.59. The minimum absolute atomic E-state index is 0.108. The van der Waals surface area contributed by atoms with Crippen LogP contribution in [0.1, 0.15) is 17.4 Å². The van der Waals surface area contributed by atoms with E-state index in [0.717, 1.165) is 24.6 Å². The van der Waals surface area contributed by atoms with E-state index in [1.54, 1.807) is 6.92 Å². The van der Waals surface area contributed by atoms with Gasteiger partial charge in [-0.15, -0.1) is 0 Å². The van der Waals surface area contributed by atoms with Gasteiger partial charge in [-0.1, -0.05) is 0 Å². The van der Waals surface area contributed by atoms with Crippen molar-refractivity contribution in [2.75, 3.05) is 6.61 Å². The van der Waals surface area contributed by atoms with Gasteiger partial charge in [0.25, 0.3) is 5.69 Å². The van der Waals surface area contributed by atoms with Gasteiger partial charge < -0.3 is 9.15 Å². The van der Waals surface area contributed by atoms with E-state index in [1.807, 2.05) is 0 Å². The number of hydrogen-bond acceptors (Lipinski definition) is 6. The predicted octanol–water partition coefficient (Wildman–Crippen LogP) is 2.57. The number of oxazole rings is 1. The number of aromatic nitrogens is 1. The molecule has 104 valence electrons. The molecule has 0 aliphatic heterocycles. The summed E-state index contributed by atoms with van der Waals surface area (Å²) in [6.45, 7) is 1.71. The molecule has 0 spiro atoms. The lowest BCUT2D eigenvalue weighted by atomic mass is 10.1. The van der Waals surface area contributed by atoms with E-state index < -0.39 is 22.4 Å². The van der Waals surface area contributed by atoms with Gasteiger partial charge in [0.05, 0.1) is 11.5 Å². The van der Waals surface area contributed by atoms with E-state index in [9.17, 15) is 19.3 Å². The summed E-state index contributed by atoms with van der Waals surface area (Å²) >= 11 is 0. The van der Waals surface area contributed by atoms with Gasteiger partial charge in [-0.25, -0.2) is 14.2 Å². The van der Waals surface area contributed by atoms with E-state index in [1.165, 1.54) is 0 Å². The SMILES string of the molecule is CCOC(=O)c1ncoc1-c1cc(F)ccc1[N+](=O)[O-]. The molecular formula is C12H9FN2O5. The van der Waals surface area contributed by atoms with Gasteiger partial charge in [0, 0.05) is 6.07 Å². The first-order valence-corrected chi connectivity index (χ1v) is 5.59. The number of nitro benzene ring substituents is 1. The van der Waals surface area contributed by atoms with Crippen LogP contribution in [0, 0.1) is 15.9 Å². The molecule has 0 aliphatic carbocycles. The number of carbonyl (C=O) groups is 1. The average Bonchev–Trinajstić information content (AvgIpc) is 2.87. The van der Waals surface area contributed by atoms with Crippen molar-refractivity contribution >= 4 is 11.7 Å². The van der Waals surface area contributed by atoms with Gasteiger partial charge >= 0.3 is 5.97 Å². The number of ether oxygens (including phenoxy) is 1. The minimum Gasteiger partial charge on any atom is -0.461 e. The molecule has 2 aromatic rings. The van der Waals surface area contributed by atoms with Crippen LogP contribution in [0.2, 0.25) is 0 Å². The zero-order valence-electron chi connectivity index (χ0n) is 10.3. The first-order chi connectivity index (χ1) is 9.54. The lowest BCUT2D eigenvalue weighted by Gasteiger charge is -2.03. The summed E-state index contributed by atoms with van der Waals surface area (Å²) in [5.41, 5.74) is -0.801. The number of nitrogens with zero attached hydrogens (tertiary/aromatic N) is 2. The van der Waals surface area contributed by atoms with E-state index in [-0.39, 0.29) is 23.6 Å². The summed E-state index contributed by atoms with van der Waals surface area (Å²) < 4.78 is 23.0. The summed E-state index contributed by atoms with van der Waals surface area (Å²) in [6, 6.07) is 2.84. The Labute approximate surface area is 112 Å². The highest BCUT2D eigenvalue weighted by Gasteiger charge is 2.26. The summed E-state index contributed by atoms with van der Waals surface area (Å²) in [6.07, 6.45) is 0.941. The van der Waals surface area contributed by atoms with Gasteiger partial charge in [0.15, 0.2) is 17.8 Å². The maximum absolute atomic E-state index is 13.3. The lowest BCUT2D eigenvalue weighted by molar-refractivity contribution is -0.384. The highest BCUT2D eigenvalue weighted by atomic mass is 19.1. The Morgan fingerprint density at radius 3 is 2.95 bits per heavy atom. The zero-order chi connectivity index (χ0) is 14.7. The second-order valence-corrected chi connectivity index (χ2v) is 3.67. The van der Waals surface area contributed by atoms with Gasteiger partial charge in [-0.2, -0.15) is 0 Å². The van der Waals surface area contributed by atoms with Crippen LogP contribution in [-0.2, 0) is 4.74 Å². The molecule has 0 atom stereocenters. The molecule has 1 aromatic carbocycles. The Hall–Kier alpha value is -2.77. The van der Waals surface area contributed by atoms with E-state index in [4.69, 9.17) is 9.15 Å². The number of rotatable bonds is 4. The molecule has 0 aliphatic rings. The van der Waals surface area contributed by atoms with Crippen molar-refractivity contribution in [1.29, 1.82) is 0 Å². The molecule has 0 fully saturated rings. The van der Waals surface area contributed by atoms with E-state index in [2.05, 4.69) is 4.98 Å². The van der Waals surface area contributed by atoms with Crippen molar-refractivity contribution in [3.05, 3.63) is 46.2 Å². The molecule has 8 heteroatoms. The van der Waals surface area contributed by atoms with E-state index >= 15 is 0 Å². The molecule has 2 rings (SSSR count). The minimum atomic E-state index is -0.796. The van der Waals surface area contributed by atoms with Gasteiger partial charge in [0.1, 0.15) is 11.4 Å². The van der Waals surface area contributed by atoms with Crippen molar-refractivity contribution in [3.8, 4) is 11.3 Å². The molecule has 1 heterocycles. The molecule has 20 heavy (non-hydrogen) atoms. The quantitative estimate of drug-likeness (QED) is 0.485. The van der Waals surface area contributed by atoms with Crippen LogP contribution < -0.4 is 0 Å². The fourth-order valence-electron chi connectivity index (χ4n) is 1.63. The molecule has 0 unspecified atom stereocenters. The molecule has 0 amide bonds. The van der Waals surface area contributed by atoms with Crippen molar-refractivity contribution in [1.82, 2.24) is 4.98 Å². The molecular weight excluding hydrogens is 271 g/mol. The Morgan fingerprint density at radius 1 is 1.55 bits per heavy atom. The van der Waals surface area contributed by atoms with Crippen LogP contribution >= 0.6 is 0 Å². The summed E-state index contributed by atoms with van der Waals surface area (Å²) in [7, 11) is 0. The predicted molar refractivity (Wildman–Crippen MR) is 64.5 cm³/mol. The molecule has 1 aromatic heterocycles. The number of halogens is 1. The first kappa shape index (κ1) is 13.7. The molecule has 0 N–H and O–H groups in total. The van der Waals surface area contributed by atoms with Crippen LogP contribution in [0.15, 0.2) is 29.0 Å². The molecule has 0 saturated carbocycles. The second kappa shape index (κ2) is 5.47. The third-order valence-corrected chi connectivity index (χ3v) is 2.44. The summed E-state index contributed by atoms with van der Waals surface area (Å²) in [4.78, 5) is 25.6. The average molecular weight is 280 g/mol. The van der Waals surface area contributed by atoms with Crippen LogP contribution in [0.4, 0.5) is 10.1 Å². The summed E-state index contributed by atoms with van der Waals surface area (Å²) in [5, 5.41) is 10.9. The number of hydrogen-bond donors (Lipinski definition) is 0. The van der Waals surface area contributed by atoms with Crippen LogP contribution in [0.3, 0.4) is 0 Å². The smallest absolute Gasteiger partial charge is 0.360 e. The molecule has 0 bridgehead atoms. The van der Waals surface area contributed by atoms with Gasteiger partial charge in [-0.3, -0.25) is 10.1 Å². The van der Waals surface area contributed by atoms with Crippen molar-refractivity contribution in [3.63, 3.8) is 0 Å². The Morgan fingerprint density at radius 2 is 2.30 bits per heavy atom. The van der Waals surface area contributed by atoms with Gasteiger partial charge in [0.2, 0.25) is 0 Å². The van der Waals surface area contributed by atoms with Crippen molar-refractivity contribution < 1.29 is 23.3 Å². The Balaban J connectivity index is 2.57. The van der Waals surface area contributed by atoms with E-state index in [0.29, 0.717) is 0 Å². The highest BCUT2D eigenvalue weighted by Crippen LogP contribution is 2.32. The van der Waals surface area contributed by atoms with Crippen molar-refractivity contribution in [2.24, 2.45) is 0 Å².